The van der Waals surface area contributed by atoms with E-state index in [0.717, 1.165) is 77.4 Å². The lowest BCUT2D eigenvalue weighted by molar-refractivity contribution is -0.265. The van der Waals surface area contributed by atoms with Crippen molar-refractivity contribution in [3.63, 3.8) is 0 Å². The Morgan fingerprint density at radius 1 is 0.746 bits per heavy atom. The van der Waals surface area contributed by atoms with Crippen molar-refractivity contribution in [1.29, 1.82) is 0 Å². The lowest BCUT2D eigenvalue weighted by Crippen LogP contribution is -2.61. The number of methoxy groups -OCH3 is 2. The van der Waals surface area contributed by atoms with Gasteiger partial charge in [0.15, 0.2) is 17.0 Å². The van der Waals surface area contributed by atoms with Gasteiger partial charge >= 0.3 is 5.97 Å². The molecule has 10 N–H and O–H groups in total. The number of rotatable bonds is 33. The molecule has 9 heterocycles. The number of nitrogen functional groups attached to an aromatic ring is 2. The highest BCUT2D eigenvalue weighted by Gasteiger charge is 2.53. The van der Waals surface area contributed by atoms with Gasteiger partial charge in [0.25, 0.3) is 17.7 Å². The Balaban J connectivity index is 0.537. The van der Waals surface area contributed by atoms with Crippen LogP contribution in [0.25, 0.3) is 44.5 Å². The van der Waals surface area contributed by atoms with Crippen molar-refractivity contribution < 1.29 is 91.1 Å². The van der Waals surface area contributed by atoms with Crippen molar-refractivity contribution >= 4 is 75.0 Å². The summed E-state index contributed by atoms with van der Waals surface area (Å²) >= 11 is 0. The molecule has 36 heteroatoms. The molecule has 130 heavy (non-hydrogen) atoms. The Kier molecular flexibility index (Phi) is 36.8. The summed E-state index contributed by atoms with van der Waals surface area (Å²) in [5.41, 5.74) is 27.0. The van der Waals surface area contributed by atoms with Crippen LogP contribution in [0, 0.1) is 29.6 Å². The average molecular weight is 1800 g/mol. The first-order valence-corrected chi connectivity index (χ1v) is 45.7. The number of esters is 1. The van der Waals surface area contributed by atoms with Crippen LogP contribution in [0.5, 0.6) is 0 Å². The molecule has 36 nitrogen and oxygen atoms in total. The maximum atomic E-state index is 14.8. The number of piperazine rings is 1. The van der Waals surface area contributed by atoms with Gasteiger partial charge in [-0.25, -0.2) is 34.1 Å². The number of piperidine rings is 1. The number of unbranched alkanes of at least 4 members (excludes halogenated alkanes) is 1. The summed E-state index contributed by atoms with van der Waals surface area (Å²) in [4.78, 5) is 113. The van der Waals surface area contributed by atoms with Crippen molar-refractivity contribution in [2.75, 3.05) is 123 Å². The predicted molar refractivity (Wildman–Crippen MR) is 484 cm³/mol. The number of hydrogen-bond donors (Lipinski definition) is 7. The van der Waals surface area contributed by atoms with E-state index < -0.39 is 95.4 Å². The zero-order valence-corrected chi connectivity index (χ0v) is 76.2. The zero-order valence-electron chi connectivity index (χ0n) is 76.2. The van der Waals surface area contributed by atoms with E-state index in [1.807, 2.05) is 93.1 Å². The van der Waals surface area contributed by atoms with E-state index in [-0.39, 0.29) is 80.4 Å². The minimum atomic E-state index is -2.50. The zero-order chi connectivity index (χ0) is 92.4. The standard InChI is InChI=1S/C94H131N17O19/c1-59-17-10-9-11-18-60(2)78(121-7)51-71-25-22-64(6)94(120,130-71)87(117)90(118)110-30-14-12-21-74(110)91(119)128-79(52-75(112)61(3)46-63(5)85(115)86(116)84(114)62(4)45-59)72(95)48-65-23-26-77(80(49-65)122-8)127-57-66-19-16-20-67(47-66)69-53-99-93(100-54-69)108-34-32-107(33-35-108)55-70-56-109(106-104-70)36-38-124-40-42-126-44-43-125-41-39-123-37-28-81(113)98-29-13-15-31-111-89-82(88(96)101-58-102-89)83(105-111)68-24-27-76-73(50-68)103-92(97)129-76/h9-11,16-20,24,27,46-47,50,53-54,56,58-59,61-62,64-65,71-72,74,77-80,85-86,115-116,120H,12-15,21-23,25-26,28-45,48-49,51-52,55,57,95H2,1-8H3,(H2,97,103)(H,98,113)(H2,96,101,102)/b11-9?,17-10+,60-18?,63-46+/t59-,61-,62-,64-,65+,71+,72-,74+,77-,78+,79+,80-,85-,86+,94-/m1/s1. The molecule has 1 aliphatic carbocycles. The highest BCUT2D eigenvalue weighted by atomic mass is 16.6. The normalized spacial score (nSPS) is 26.4. The largest absolute Gasteiger partial charge is 0.459 e. The van der Waals surface area contributed by atoms with Crippen molar-refractivity contribution in [3.8, 4) is 22.4 Å². The minimum Gasteiger partial charge on any atom is -0.459 e. The van der Waals surface area contributed by atoms with Crippen molar-refractivity contribution in [2.24, 2.45) is 35.3 Å². The number of carbonyl (C=O) groups excluding carboxylic acids is 6. The van der Waals surface area contributed by atoms with Crippen LogP contribution in [0.1, 0.15) is 149 Å². The fourth-order valence-electron chi connectivity index (χ4n) is 17.6. The molecule has 12 rings (SSSR count). The molecule has 5 aliphatic rings. The average Bonchev–Trinajstić information content (AvgIpc) is 0.917. The van der Waals surface area contributed by atoms with E-state index in [1.165, 1.54) is 19.3 Å². The quantitative estimate of drug-likeness (QED) is 0.00886. The predicted octanol–water partition coefficient (Wildman–Crippen LogP) is 7.98. The number of nitrogens with zero attached hydrogens (tertiary/aromatic N) is 13. The highest BCUT2D eigenvalue weighted by molar-refractivity contribution is 6.39. The molecule has 706 valence electrons. The molecule has 4 fully saturated rings. The van der Waals surface area contributed by atoms with E-state index in [1.54, 1.807) is 50.4 Å². The van der Waals surface area contributed by atoms with Crippen LogP contribution in [0.2, 0.25) is 0 Å². The van der Waals surface area contributed by atoms with E-state index in [4.69, 9.17) is 79.3 Å². The third-order valence-electron chi connectivity index (χ3n) is 25.4. The smallest absolute Gasteiger partial charge is 0.329 e. The van der Waals surface area contributed by atoms with Gasteiger partial charge < -0.3 is 94.7 Å². The molecule has 1 saturated carbocycles. The second-order valence-electron chi connectivity index (χ2n) is 35.1. The molecule has 0 unspecified atom stereocenters. The fourth-order valence-corrected chi connectivity index (χ4v) is 17.6. The Morgan fingerprint density at radius 3 is 2.25 bits per heavy atom. The first kappa shape index (κ1) is 99.0. The van der Waals surface area contributed by atoms with E-state index >= 15 is 0 Å². The molecule has 2 amide bonds. The first-order valence-electron chi connectivity index (χ1n) is 45.7. The summed E-state index contributed by atoms with van der Waals surface area (Å²) in [6, 6.07) is 11.5. The lowest BCUT2D eigenvalue weighted by atomic mass is 9.80. The van der Waals surface area contributed by atoms with Gasteiger partial charge in [0, 0.05) is 139 Å². The van der Waals surface area contributed by atoms with Crippen LogP contribution in [0.3, 0.4) is 0 Å². The third kappa shape index (κ3) is 27.1. The number of aliphatic hydroxyl groups is 3. The minimum absolute atomic E-state index is 0.0192. The number of ether oxygens (including phenoxy) is 9. The van der Waals surface area contributed by atoms with Gasteiger partial charge in [-0.2, -0.15) is 10.1 Å². The number of oxazole rings is 1. The molecule has 0 radical (unpaired) electrons. The molecule has 2 aromatic carbocycles. The number of aryl methyl sites for hydroxylation is 1. The second kappa shape index (κ2) is 48.4. The molecular formula is C94H131N17O19. The van der Waals surface area contributed by atoms with Crippen LogP contribution in [0.4, 0.5) is 17.8 Å². The van der Waals surface area contributed by atoms with Crippen molar-refractivity contribution in [3.05, 3.63) is 126 Å². The van der Waals surface area contributed by atoms with Crippen LogP contribution in [0.15, 0.2) is 119 Å². The third-order valence-corrected chi connectivity index (χ3v) is 25.4. The highest BCUT2D eigenvalue weighted by Crippen LogP contribution is 2.39. The number of aliphatic hydroxyl groups excluding tert-OH is 2. The summed E-state index contributed by atoms with van der Waals surface area (Å²) in [6.07, 6.45) is 17.7. The van der Waals surface area contributed by atoms with Gasteiger partial charge in [-0.3, -0.25) is 28.9 Å². The summed E-state index contributed by atoms with van der Waals surface area (Å²) in [5, 5.41) is 52.0. The summed E-state index contributed by atoms with van der Waals surface area (Å²) in [5.74, 6) is -8.11. The Labute approximate surface area is 758 Å². The molecule has 2 bridgehead atoms. The number of cyclic esters (lactones) is 1. The monoisotopic (exact) mass is 1800 g/mol. The number of amides is 2. The molecule has 0 spiro atoms. The topological polar surface area (TPSA) is 472 Å². The van der Waals surface area contributed by atoms with Crippen LogP contribution in [-0.2, 0) is 97.6 Å². The van der Waals surface area contributed by atoms with Gasteiger partial charge in [-0.1, -0.05) is 87.6 Å². The van der Waals surface area contributed by atoms with E-state index in [0.29, 0.717) is 176 Å². The molecular weight excluding hydrogens is 1670 g/mol. The second-order valence-corrected chi connectivity index (χ2v) is 35.1. The number of aromatic nitrogens is 10. The van der Waals surface area contributed by atoms with Gasteiger partial charge in [-0.05, 0) is 149 Å². The number of nitrogens with two attached hydrogens (primary N) is 3. The number of Topliss-reactive ketones (excluding diaryl/α,β-unsaturated/α-hetero) is 3. The molecule has 5 aromatic heterocycles. The Bertz CT molecular complexity index is 5010. The number of anilines is 3. The van der Waals surface area contributed by atoms with Gasteiger partial charge in [0.05, 0.1) is 102 Å². The maximum absolute atomic E-state index is 14.8. The van der Waals surface area contributed by atoms with Gasteiger partial charge in [-0.15, -0.1) is 5.10 Å². The molecule has 15 atom stereocenters. The van der Waals surface area contributed by atoms with Crippen LogP contribution < -0.4 is 27.4 Å². The van der Waals surface area contributed by atoms with E-state index in [2.05, 4.69) is 46.4 Å². The summed E-state index contributed by atoms with van der Waals surface area (Å²) in [7, 11) is 3.20. The van der Waals surface area contributed by atoms with E-state index in [9.17, 15) is 44.1 Å². The number of hydrogen-bond acceptors (Lipinski definition) is 32. The first-order chi connectivity index (χ1) is 62.7. The van der Waals surface area contributed by atoms with Gasteiger partial charge in [0.2, 0.25) is 17.6 Å². The maximum Gasteiger partial charge on any atom is 0.329 e. The van der Waals surface area contributed by atoms with Crippen LogP contribution in [-0.4, -0.2) is 277 Å². The summed E-state index contributed by atoms with van der Waals surface area (Å²) < 4.78 is 62.9. The van der Waals surface area contributed by atoms with Crippen molar-refractivity contribution in [1.82, 2.24) is 64.8 Å². The fraction of sp³-hybridized carbons (Fsp3) is 0.596. The number of carbonyl (C=O) groups is 6. The number of fused-ring (bicyclic) bond motifs is 5. The number of ketones is 3. The van der Waals surface area contributed by atoms with Crippen LogP contribution >= 0.6 is 0 Å². The Hall–Kier alpha value is -10.1. The number of allylic oxidation sites excluding steroid dienone is 6. The molecule has 3 saturated heterocycles. The molecule has 7 aromatic rings. The summed E-state index contributed by atoms with van der Waals surface area (Å²) in [6.45, 7) is 19.1. The SMILES string of the molecule is CO[C@H]1C[C@@H]2CC[C@@H](C)[C@@](O)(O2)C(=O)C(=O)N2CCCC[C@H]2C(=O)O[C@H]([C@H](N)C[C@@H]2CC[C@@H](OCc3cccc(-c4cnc(N5CCN(Cc6cn(CCOCCOCCOCCOCCC(=O)NCCCCn7nc(-c8ccc9oc(N)nc9c8)c8c(N)ncnc87)nn6)CC5)nc4)c3)[C@H](OC)C2)CC(=O)[C@H](C)/C=C(\C)[C@@H](O)[C@@H](O)C(=O)[C@H](C)C[C@H](C)/C=C/C=CC=C1C. The molecule has 4 aliphatic heterocycles. The Morgan fingerprint density at radius 2 is 1.50 bits per heavy atom. The van der Waals surface area contributed by atoms with Crippen molar-refractivity contribution in [2.45, 2.75) is 225 Å². The lowest BCUT2D eigenvalue weighted by Gasteiger charge is -2.42. The number of benzene rings is 2. The van der Waals surface area contributed by atoms with Gasteiger partial charge in [0.1, 0.15) is 53.5 Å². The number of nitrogens with one attached hydrogen (secondary N) is 1.